The van der Waals surface area contributed by atoms with Crippen LogP contribution in [0.1, 0.15) is 40.2 Å². The van der Waals surface area contributed by atoms with Gasteiger partial charge in [0, 0.05) is 24.7 Å². The molecular weight excluding hydrogens is 623 g/mol. The zero-order valence-electron chi connectivity index (χ0n) is 27.2. The van der Waals surface area contributed by atoms with Gasteiger partial charge in [-0.15, -0.1) is 0 Å². The highest BCUT2D eigenvalue weighted by Crippen LogP contribution is 2.40. The van der Waals surface area contributed by atoms with E-state index < -0.39 is 72.8 Å². The molecule has 0 aromatic heterocycles. The number of methoxy groups -OCH3 is 1. The number of nitrogens with zero attached hydrogens (tertiary/aromatic N) is 1. The molecule has 0 amide bonds. The van der Waals surface area contributed by atoms with E-state index in [2.05, 4.69) is 4.99 Å². The first-order chi connectivity index (χ1) is 22.3. The number of alkyl halides is 3. The van der Waals surface area contributed by atoms with Gasteiger partial charge < -0.3 is 33.2 Å². The van der Waals surface area contributed by atoms with E-state index in [1.54, 1.807) is 19.9 Å². The number of esters is 2. The highest BCUT2D eigenvalue weighted by atomic mass is 19.4. The molecule has 2 aliphatic rings. The lowest BCUT2D eigenvalue weighted by atomic mass is 9.82. The second-order valence-corrected chi connectivity index (χ2v) is 12.0. The number of carbonyl (C=O) groups excluding carboxylic acids is 2. The Labute approximate surface area is 272 Å². The summed E-state index contributed by atoms with van der Waals surface area (Å²) in [6.07, 6.45) is -11.4. The second-order valence-electron chi connectivity index (χ2n) is 12.0. The van der Waals surface area contributed by atoms with Gasteiger partial charge in [0.15, 0.2) is 18.5 Å². The number of ether oxygens (including phenoxy) is 7. The fourth-order valence-electron chi connectivity index (χ4n) is 5.79. The van der Waals surface area contributed by atoms with Crippen molar-refractivity contribution in [1.82, 2.24) is 0 Å². The van der Waals surface area contributed by atoms with Crippen LogP contribution >= 0.6 is 0 Å². The number of halogens is 3. The topological polar surface area (TPSA) is 111 Å². The highest BCUT2D eigenvalue weighted by molar-refractivity contribution is 5.84. The molecule has 10 atom stereocenters. The second kappa shape index (κ2) is 16.1. The third-order valence-corrected chi connectivity index (χ3v) is 8.61. The van der Waals surface area contributed by atoms with Crippen LogP contribution < -0.4 is 0 Å². The molecule has 47 heavy (non-hydrogen) atoms. The summed E-state index contributed by atoms with van der Waals surface area (Å²) in [7, 11) is 1.14. The van der Waals surface area contributed by atoms with Crippen LogP contribution in [0.2, 0.25) is 0 Å². The summed E-state index contributed by atoms with van der Waals surface area (Å²) in [5.41, 5.74) is 0.991. The Balaban J connectivity index is 1.60. The van der Waals surface area contributed by atoms with E-state index in [1.807, 2.05) is 44.2 Å². The molecule has 2 saturated heterocycles. The Hall–Kier alpha value is -3.52. The average Bonchev–Trinajstić information content (AvgIpc) is 3.04. The van der Waals surface area contributed by atoms with E-state index in [0.717, 1.165) is 12.7 Å². The lowest BCUT2D eigenvalue weighted by Gasteiger charge is -2.48. The molecule has 258 valence electrons. The Morgan fingerprint density at radius 3 is 2.04 bits per heavy atom. The molecule has 0 saturated carbocycles. The maximum absolute atomic E-state index is 14.1. The molecule has 2 aromatic rings. The molecule has 0 N–H and O–H groups in total. The van der Waals surface area contributed by atoms with E-state index in [-0.39, 0.29) is 24.1 Å². The van der Waals surface area contributed by atoms with Gasteiger partial charge in [0.2, 0.25) is 6.29 Å². The number of para-hydroxylation sites is 1. The smallest absolute Gasteiger partial charge is 0.467 e. The minimum Gasteiger partial charge on any atom is -0.467 e. The number of rotatable bonds is 10. The summed E-state index contributed by atoms with van der Waals surface area (Å²) < 4.78 is 83.0. The predicted molar refractivity (Wildman–Crippen MR) is 163 cm³/mol. The number of carbonyl (C=O) groups is 2. The average molecular weight is 666 g/mol. The Kier molecular flexibility index (Phi) is 12.4. The molecule has 0 bridgehead atoms. The summed E-state index contributed by atoms with van der Waals surface area (Å²) in [6, 6.07) is 17.1. The molecule has 10 nitrogen and oxygen atoms in total. The van der Waals surface area contributed by atoms with Crippen LogP contribution in [0.4, 0.5) is 18.9 Å². The van der Waals surface area contributed by atoms with Crippen molar-refractivity contribution in [2.75, 3.05) is 13.7 Å². The normalized spacial score (nSPS) is 31.6. The zero-order valence-corrected chi connectivity index (χ0v) is 27.2. The first-order valence-electron chi connectivity index (χ1n) is 15.5. The van der Waals surface area contributed by atoms with Crippen LogP contribution in [0, 0.1) is 23.7 Å². The number of aliphatic imine (C=N–C) groups is 1. The van der Waals surface area contributed by atoms with Gasteiger partial charge in [0.05, 0.1) is 38.2 Å². The van der Waals surface area contributed by atoms with Crippen molar-refractivity contribution in [2.24, 2.45) is 28.7 Å². The van der Waals surface area contributed by atoms with Crippen LogP contribution in [-0.2, 0) is 49.4 Å². The maximum Gasteiger partial charge on any atom is 0.468 e. The van der Waals surface area contributed by atoms with Gasteiger partial charge in [-0.1, -0.05) is 76.2 Å². The SMILES string of the molecule is COC(=O)C1OC(OC(=Nc2ccccc2)C(F)(F)F)C(C)[C@@H](O[C@@H]2OC(COCc3ccccc3)[C@H](C)[C@H](C)C2OC(C)=O)[C@H]1C. The first-order valence-corrected chi connectivity index (χ1v) is 15.5. The standard InChI is InChI=1S/C34H42F3NO9/c1-19-20(2)29(43-23(5)39)32(44-26(19)18-42-17-24-13-9-7-10-14-24)45-27-21(3)28(30(40)41-6)46-31(22(27)4)47-33(34(35,36)37)38-25-15-11-8-12-16-25/h7-16,19-22,26-29,31-32H,17-18H2,1-6H3/t19-,20+,21-,22?,26?,27+,28?,29?,31?,32+/m1/s1. The van der Waals surface area contributed by atoms with Gasteiger partial charge in [-0.2, -0.15) is 13.2 Å². The quantitative estimate of drug-likeness (QED) is 0.172. The van der Waals surface area contributed by atoms with Crippen molar-refractivity contribution >= 4 is 23.5 Å². The zero-order chi connectivity index (χ0) is 34.3. The van der Waals surface area contributed by atoms with Crippen molar-refractivity contribution in [2.45, 2.75) is 84.4 Å². The van der Waals surface area contributed by atoms with Gasteiger partial charge in [-0.3, -0.25) is 4.79 Å². The lowest BCUT2D eigenvalue weighted by Crippen LogP contribution is -2.59. The molecule has 2 aliphatic heterocycles. The molecule has 4 rings (SSSR count). The van der Waals surface area contributed by atoms with Gasteiger partial charge in [-0.05, 0) is 23.6 Å². The molecule has 5 unspecified atom stereocenters. The van der Waals surface area contributed by atoms with E-state index in [1.165, 1.54) is 31.2 Å². The largest absolute Gasteiger partial charge is 0.468 e. The van der Waals surface area contributed by atoms with Crippen molar-refractivity contribution in [3.05, 3.63) is 66.2 Å². The number of hydrogen-bond acceptors (Lipinski definition) is 10. The molecule has 2 fully saturated rings. The first kappa shape index (κ1) is 36.3. The highest BCUT2D eigenvalue weighted by Gasteiger charge is 2.53. The number of benzene rings is 2. The van der Waals surface area contributed by atoms with E-state index in [9.17, 15) is 22.8 Å². The minimum absolute atomic E-state index is 0.0115. The van der Waals surface area contributed by atoms with Crippen molar-refractivity contribution < 1.29 is 55.9 Å². The van der Waals surface area contributed by atoms with Crippen molar-refractivity contribution in [3.8, 4) is 0 Å². The molecule has 0 radical (unpaired) electrons. The summed E-state index contributed by atoms with van der Waals surface area (Å²) in [6.45, 7) is 8.90. The fraction of sp³-hybridized carbons (Fsp3) is 0.559. The monoisotopic (exact) mass is 665 g/mol. The molecular formula is C34H42F3NO9. The van der Waals surface area contributed by atoms with Gasteiger partial charge in [0.25, 0.3) is 5.90 Å². The summed E-state index contributed by atoms with van der Waals surface area (Å²) >= 11 is 0. The van der Waals surface area contributed by atoms with Crippen LogP contribution in [0.5, 0.6) is 0 Å². The van der Waals surface area contributed by atoms with E-state index in [0.29, 0.717) is 6.61 Å². The molecule has 0 aliphatic carbocycles. The van der Waals surface area contributed by atoms with Crippen molar-refractivity contribution in [3.63, 3.8) is 0 Å². The lowest BCUT2D eigenvalue weighted by molar-refractivity contribution is -0.327. The Morgan fingerprint density at radius 2 is 1.45 bits per heavy atom. The van der Waals surface area contributed by atoms with Gasteiger partial charge in [0.1, 0.15) is 0 Å². The summed E-state index contributed by atoms with van der Waals surface area (Å²) in [5, 5.41) is 0. The maximum atomic E-state index is 14.1. The Bertz CT molecular complexity index is 1340. The van der Waals surface area contributed by atoms with Crippen LogP contribution in [0.15, 0.2) is 65.7 Å². The van der Waals surface area contributed by atoms with E-state index >= 15 is 0 Å². The fourth-order valence-corrected chi connectivity index (χ4v) is 5.79. The van der Waals surface area contributed by atoms with Gasteiger partial charge >= 0.3 is 18.1 Å². The molecule has 2 aromatic carbocycles. The third kappa shape index (κ3) is 9.31. The van der Waals surface area contributed by atoms with Gasteiger partial charge in [-0.25, -0.2) is 9.79 Å². The molecule has 2 heterocycles. The van der Waals surface area contributed by atoms with Crippen molar-refractivity contribution in [1.29, 1.82) is 0 Å². The summed E-state index contributed by atoms with van der Waals surface area (Å²) in [5.74, 6) is -4.94. The van der Waals surface area contributed by atoms with Crippen LogP contribution in [-0.4, -0.2) is 74.7 Å². The minimum atomic E-state index is -4.98. The number of hydrogen-bond donors (Lipinski definition) is 0. The third-order valence-electron chi connectivity index (χ3n) is 8.61. The Morgan fingerprint density at radius 1 is 0.809 bits per heavy atom. The molecule has 0 spiro atoms. The summed E-state index contributed by atoms with van der Waals surface area (Å²) in [4.78, 5) is 28.6. The van der Waals surface area contributed by atoms with E-state index in [4.69, 9.17) is 33.2 Å². The predicted octanol–water partition coefficient (Wildman–Crippen LogP) is 6.00. The van der Waals surface area contributed by atoms with Crippen LogP contribution in [0.3, 0.4) is 0 Å². The molecule has 13 heteroatoms. The van der Waals surface area contributed by atoms with Crippen LogP contribution in [0.25, 0.3) is 0 Å².